The van der Waals surface area contributed by atoms with Gasteiger partial charge in [0.15, 0.2) is 6.29 Å². The number of amides is 2. The van der Waals surface area contributed by atoms with Crippen LogP contribution in [0.15, 0.2) is 78.9 Å². The van der Waals surface area contributed by atoms with Crippen LogP contribution in [0.2, 0.25) is 0 Å². The van der Waals surface area contributed by atoms with Gasteiger partial charge in [0.25, 0.3) is 0 Å². The maximum absolute atomic E-state index is 12.5. The number of anilines is 1. The van der Waals surface area contributed by atoms with Gasteiger partial charge in [-0.2, -0.15) is 0 Å². The van der Waals surface area contributed by atoms with E-state index in [1.54, 1.807) is 5.48 Å². The van der Waals surface area contributed by atoms with Gasteiger partial charge >= 0.3 is 0 Å². The van der Waals surface area contributed by atoms with E-state index in [-0.39, 0.29) is 37.2 Å². The molecule has 0 aliphatic carbocycles. The lowest BCUT2D eigenvalue weighted by Gasteiger charge is -2.39. The molecule has 5 N–H and O–H groups in total. The van der Waals surface area contributed by atoms with Gasteiger partial charge in [0.2, 0.25) is 11.8 Å². The summed E-state index contributed by atoms with van der Waals surface area (Å²) in [7, 11) is 1.99. The molecule has 3 aromatic carbocycles. The normalized spacial score (nSPS) is 19.4. The molecule has 4 rings (SSSR count). The van der Waals surface area contributed by atoms with Crippen LogP contribution < -0.4 is 10.8 Å². The third-order valence-corrected chi connectivity index (χ3v) is 8.55. The second-order valence-electron chi connectivity index (χ2n) is 12.0. The van der Waals surface area contributed by atoms with E-state index in [0.717, 1.165) is 35.1 Å². The van der Waals surface area contributed by atoms with Crippen molar-refractivity contribution in [3.05, 3.63) is 101 Å². The van der Waals surface area contributed by atoms with Crippen molar-refractivity contribution >= 4 is 17.5 Å². The van der Waals surface area contributed by atoms with Gasteiger partial charge in [-0.05, 0) is 55.6 Å². The van der Waals surface area contributed by atoms with Gasteiger partial charge in [-0.3, -0.25) is 19.7 Å². The van der Waals surface area contributed by atoms with Crippen molar-refractivity contribution in [2.24, 2.45) is 0 Å². The first kappa shape index (κ1) is 35.2. The Bertz CT molecular complexity index is 1350. The van der Waals surface area contributed by atoms with E-state index < -0.39 is 18.3 Å². The fraction of sp³-hybridized carbons (Fsp3) is 0.444. The van der Waals surface area contributed by atoms with Crippen LogP contribution >= 0.6 is 0 Å². The minimum atomic E-state index is -0.647. The van der Waals surface area contributed by atoms with Gasteiger partial charge in [-0.1, -0.05) is 79.6 Å². The Kier molecular flexibility index (Phi) is 13.7. The molecular weight excluding hydrogens is 586 g/mol. The molecule has 0 unspecified atom stereocenters. The van der Waals surface area contributed by atoms with E-state index in [2.05, 4.69) is 10.2 Å². The molecule has 0 saturated carbocycles. The largest absolute Gasteiger partial charge is 0.392 e. The maximum Gasteiger partial charge on any atom is 0.243 e. The van der Waals surface area contributed by atoms with E-state index >= 15 is 0 Å². The Hall–Kier alpha value is -3.64. The number of ether oxygens (including phenoxy) is 2. The molecule has 5 atom stereocenters. The summed E-state index contributed by atoms with van der Waals surface area (Å²) in [5.74, 6) is -0.471. The summed E-state index contributed by atoms with van der Waals surface area (Å²) in [4.78, 5) is 25.7. The van der Waals surface area contributed by atoms with E-state index in [4.69, 9.17) is 14.7 Å². The van der Waals surface area contributed by atoms with Crippen molar-refractivity contribution in [2.45, 2.75) is 89.1 Å². The second-order valence-corrected chi connectivity index (χ2v) is 12.0. The summed E-state index contributed by atoms with van der Waals surface area (Å²) in [5.41, 5.74) is 5.83. The Morgan fingerprint density at radius 1 is 0.870 bits per heavy atom. The summed E-state index contributed by atoms with van der Waals surface area (Å²) in [6.07, 6.45) is 2.58. The fourth-order valence-electron chi connectivity index (χ4n) is 5.62. The maximum atomic E-state index is 12.5. The van der Waals surface area contributed by atoms with Crippen molar-refractivity contribution in [3.8, 4) is 0 Å². The van der Waals surface area contributed by atoms with Gasteiger partial charge in [-0.25, -0.2) is 5.48 Å². The molecule has 1 aliphatic rings. The summed E-state index contributed by atoms with van der Waals surface area (Å²) in [5, 5.41) is 32.0. The van der Waals surface area contributed by atoms with Crippen LogP contribution in [-0.2, 0) is 25.7 Å². The molecule has 0 bridgehead atoms. The zero-order valence-corrected chi connectivity index (χ0v) is 26.7. The molecule has 1 saturated heterocycles. The predicted octanol–water partition coefficient (Wildman–Crippen LogP) is 5.56. The number of hydrogen-bond donors (Lipinski definition) is 5. The van der Waals surface area contributed by atoms with Crippen molar-refractivity contribution in [2.75, 3.05) is 18.9 Å². The molecule has 3 aromatic rings. The molecule has 1 fully saturated rings. The number of likely N-dealkylation sites (N-methyl/N-ethyl adjacent to an activating group) is 1. The topological polar surface area (TPSA) is 141 Å². The SMILES string of the molecule is C[C@H]([C@@H](O)c1ccccc1)N(C)C[C@H]1C[C@@H](c2ccc(CO)cc2)O[C@@H](c2ccc(NC(=O)CCCCCCC(=O)NO)cc2)O1. The zero-order chi connectivity index (χ0) is 32.9. The number of nitrogens with zero attached hydrogens (tertiary/aromatic N) is 1. The molecule has 10 nitrogen and oxygen atoms in total. The third kappa shape index (κ3) is 10.4. The van der Waals surface area contributed by atoms with Gasteiger partial charge in [0.1, 0.15) is 0 Å². The molecule has 46 heavy (non-hydrogen) atoms. The van der Waals surface area contributed by atoms with Crippen LogP contribution in [-0.4, -0.2) is 57.9 Å². The fourth-order valence-corrected chi connectivity index (χ4v) is 5.62. The monoisotopic (exact) mass is 633 g/mol. The van der Waals surface area contributed by atoms with Crippen LogP contribution in [0, 0.1) is 0 Å². The molecule has 1 heterocycles. The van der Waals surface area contributed by atoms with Gasteiger partial charge in [-0.15, -0.1) is 0 Å². The van der Waals surface area contributed by atoms with Crippen molar-refractivity contribution in [1.82, 2.24) is 10.4 Å². The molecule has 0 aromatic heterocycles. The summed E-state index contributed by atoms with van der Waals surface area (Å²) >= 11 is 0. The molecule has 2 amide bonds. The minimum Gasteiger partial charge on any atom is -0.392 e. The molecular formula is C36H47N3O7. The zero-order valence-electron chi connectivity index (χ0n) is 26.7. The number of aliphatic hydroxyl groups excluding tert-OH is 2. The first-order chi connectivity index (χ1) is 22.3. The second kappa shape index (κ2) is 17.9. The quantitative estimate of drug-likeness (QED) is 0.0785. The van der Waals surface area contributed by atoms with Crippen LogP contribution in [0.25, 0.3) is 0 Å². The predicted molar refractivity (Wildman–Crippen MR) is 175 cm³/mol. The number of carbonyl (C=O) groups excluding carboxylic acids is 2. The summed E-state index contributed by atoms with van der Waals surface area (Å²) in [6, 6.07) is 24.7. The first-order valence-electron chi connectivity index (χ1n) is 16.0. The highest BCUT2D eigenvalue weighted by Crippen LogP contribution is 2.38. The average Bonchev–Trinajstić information content (AvgIpc) is 3.09. The number of benzene rings is 3. The third-order valence-electron chi connectivity index (χ3n) is 8.55. The number of unbranched alkanes of at least 4 members (excludes halogenated alkanes) is 3. The number of hydrogen-bond acceptors (Lipinski definition) is 8. The van der Waals surface area contributed by atoms with Crippen LogP contribution in [0.5, 0.6) is 0 Å². The molecule has 0 spiro atoms. The van der Waals surface area contributed by atoms with Gasteiger partial charge in [0.05, 0.1) is 24.9 Å². The van der Waals surface area contributed by atoms with E-state index in [1.807, 2.05) is 92.8 Å². The Morgan fingerprint density at radius 3 is 2.13 bits per heavy atom. The highest BCUT2D eigenvalue weighted by atomic mass is 16.7. The Balaban J connectivity index is 1.37. The highest BCUT2D eigenvalue weighted by molar-refractivity contribution is 5.90. The number of aliphatic hydroxyl groups is 2. The lowest BCUT2D eigenvalue weighted by molar-refractivity contribution is -0.253. The van der Waals surface area contributed by atoms with Crippen molar-refractivity contribution in [1.29, 1.82) is 0 Å². The highest BCUT2D eigenvalue weighted by Gasteiger charge is 2.34. The molecule has 1 aliphatic heterocycles. The van der Waals surface area contributed by atoms with Crippen LogP contribution in [0.1, 0.15) is 92.6 Å². The molecule has 10 heteroatoms. The average molecular weight is 634 g/mol. The number of rotatable bonds is 16. The van der Waals surface area contributed by atoms with Crippen LogP contribution in [0.4, 0.5) is 5.69 Å². The number of nitrogens with one attached hydrogen (secondary N) is 2. The smallest absolute Gasteiger partial charge is 0.243 e. The van der Waals surface area contributed by atoms with Crippen molar-refractivity contribution < 1.29 is 34.5 Å². The Morgan fingerprint density at radius 2 is 1.50 bits per heavy atom. The number of carbonyl (C=O) groups is 2. The standard InChI is InChI=1S/C36H47N3O7/c1-25(35(43)28-10-6-5-7-11-28)39(2)23-31-22-32(27-16-14-26(24-40)15-17-27)46-36(45-31)29-18-20-30(21-19-29)37-33(41)12-8-3-4-9-13-34(42)38-44/h5-7,10-11,14-21,25,31-32,35-36,40,43-44H,3-4,8-9,12-13,22-24H2,1-2H3,(H,37,41)(H,38,42)/t25-,31-,32+,35-,36+/m1/s1. The first-order valence-corrected chi connectivity index (χ1v) is 16.0. The van der Waals surface area contributed by atoms with Gasteiger partial charge in [0, 0.05) is 43.1 Å². The lowest BCUT2D eigenvalue weighted by Crippen LogP contribution is -2.43. The molecule has 248 valence electrons. The Labute approximate surface area is 271 Å². The van der Waals surface area contributed by atoms with E-state index in [1.165, 1.54) is 0 Å². The van der Waals surface area contributed by atoms with Crippen molar-refractivity contribution in [3.63, 3.8) is 0 Å². The minimum absolute atomic E-state index is 0.0268. The van der Waals surface area contributed by atoms with Gasteiger partial charge < -0.3 is 25.0 Å². The van der Waals surface area contributed by atoms with E-state index in [0.29, 0.717) is 37.9 Å². The summed E-state index contributed by atoms with van der Waals surface area (Å²) in [6.45, 7) is 2.56. The molecule has 0 radical (unpaired) electrons. The lowest BCUT2D eigenvalue weighted by atomic mass is 9.98. The number of hydroxylamine groups is 1. The summed E-state index contributed by atoms with van der Waals surface area (Å²) < 4.78 is 13.0. The van der Waals surface area contributed by atoms with E-state index in [9.17, 15) is 19.8 Å². The van der Waals surface area contributed by atoms with Crippen LogP contribution in [0.3, 0.4) is 0 Å².